The van der Waals surface area contributed by atoms with Crippen LogP contribution in [0.1, 0.15) is 22.8 Å². The summed E-state index contributed by atoms with van der Waals surface area (Å²) < 4.78 is 4.90. The van der Waals surface area contributed by atoms with E-state index < -0.39 is 16.8 Å². The molecule has 2 aromatic carbocycles. The number of para-hydroxylation sites is 1. The van der Waals surface area contributed by atoms with Gasteiger partial charge in [0.1, 0.15) is 0 Å². The zero-order chi connectivity index (χ0) is 17.5. The molecule has 0 aliphatic heterocycles. The molecule has 0 radical (unpaired) electrons. The number of ether oxygens (including phenoxy) is 1. The summed E-state index contributed by atoms with van der Waals surface area (Å²) in [6.45, 7) is 1.96. The molecule has 0 aliphatic carbocycles. The van der Waals surface area contributed by atoms with Gasteiger partial charge in [0, 0.05) is 17.3 Å². The van der Waals surface area contributed by atoms with Crippen LogP contribution in [-0.2, 0) is 16.0 Å². The second-order valence-electron chi connectivity index (χ2n) is 4.91. The van der Waals surface area contributed by atoms with Crippen LogP contribution in [-0.4, -0.2) is 23.4 Å². The maximum Gasteiger partial charge on any atom is 0.338 e. The second-order valence-corrected chi connectivity index (χ2v) is 4.91. The molecule has 0 atom stereocenters. The Morgan fingerprint density at radius 3 is 2.62 bits per heavy atom. The Balaban J connectivity index is 2.09. The number of carbonyl (C=O) groups excluding carboxylic acids is 2. The average Bonchev–Trinajstić information content (AvgIpc) is 2.55. The topological polar surface area (TPSA) is 98.5 Å². The number of carbonyl (C=O) groups is 2. The van der Waals surface area contributed by atoms with Gasteiger partial charge in [-0.25, -0.2) is 4.79 Å². The zero-order valence-corrected chi connectivity index (χ0v) is 13.0. The first-order valence-electron chi connectivity index (χ1n) is 7.30. The zero-order valence-electron chi connectivity index (χ0n) is 13.0. The van der Waals surface area contributed by atoms with E-state index in [1.54, 1.807) is 37.3 Å². The summed E-state index contributed by atoms with van der Waals surface area (Å²) >= 11 is 0. The van der Waals surface area contributed by atoms with E-state index in [0.29, 0.717) is 16.8 Å². The van der Waals surface area contributed by atoms with Crippen LogP contribution in [0.25, 0.3) is 0 Å². The monoisotopic (exact) mass is 328 g/mol. The van der Waals surface area contributed by atoms with E-state index in [9.17, 15) is 19.7 Å². The van der Waals surface area contributed by atoms with Crippen LogP contribution in [0.4, 0.5) is 11.4 Å². The van der Waals surface area contributed by atoms with E-state index in [1.165, 1.54) is 18.2 Å². The number of nitro groups is 1. The van der Waals surface area contributed by atoms with E-state index in [0.717, 1.165) is 0 Å². The number of nitrogens with zero attached hydrogens (tertiary/aromatic N) is 1. The molecule has 24 heavy (non-hydrogen) atoms. The molecule has 124 valence electrons. The molecular weight excluding hydrogens is 312 g/mol. The highest BCUT2D eigenvalue weighted by Crippen LogP contribution is 2.19. The molecule has 0 aliphatic rings. The Kier molecular flexibility index (Phi) is 5.62. The molecule has 1 amide bonds. The van der Waals surface area contributed by atoms with E-state index >= 15 is 0 Å². The lowest BCUT2D eigenvalue weighted by Crippen LogP contribution is -2.15. The lowest BCUT2D eigenvalue weighted by molar-refractivity contribution is -0.385. The minimum absolute atomic E-state index is 0.104. The van der Waals surface area contributed by atoms with Crippen molar-refractivity contribution in [3.63, 3.8) is 0 Å². The summed E-state index contributed by atoms with van der Waals surface area (Å²) in [6.07, 6.45) is -0.138. The minimum atomic E-state index is -0.524. The van der Waals surface area contributed by atoms with Gasteiger partial charge < -0.3 is 10.1 Å². The summed E-state index contributed by atoms with van der Waals surface area (Å²) in [4.78, 5) is 34.2. The first-order valence-corrected chi connectivity index (χ1v) is 7.30. The molecule has 0 unspecified atom stereocenters. The van der Waals surface area contributed by atoms with Crippen molar-refractivity contribution in [2.24, 2.45) is 0 Å². The summed E-state index contributed by atoms with van der Waals surface area (Å²) in [7, 11) is 0. The number of amides is 1. The van der Waals surface area contributed by atoms with Crippen molar-refractivity contribution in [1.29, 1.82) is 0 Å². The van der Waals surface area contributed by atoms with Gasteiger partial charge in [-0.3, -0.25) is 14.9 Å². The maximum atomic E-state index is 12.1. The highest BCUT2D eigenvalue weighted by molar-refractivity contribution is 5.95. The van der Waals surface area contributed by atoms with E-state index in [-0.39, 0.29) is 18.7 Å². The third kappa shape index (κ3) is 4.39. The Hall–Kier alpha value is -3.22. The average molecular weight is 328 g/mol. The van der Waals surface area contributed by atoms with Gasteiger partial charge >= 0.3 is 5.97 Å². The first-order chi connectivity index (χ1) is 11.5. The van der Waals surface area contributed by atoms with E-state index in [4.69, 9.17) is 4.74 Å². The van der Waals surface area contributed by atoms with Crippen molar-refractivity contribution in [2.75, 3.05) is 11.9 Å². The lowest BCUT2D eigenvalue weighted by atomic mass is 10.1. The molecule has 7 nitrogen and oxygen atoms in total. The van der Waals surface area contributed by atoms with Crippen LogP contribution in [0.3, 0.4) is 0 Å². The number of hydrogen-bond acceptors (Lipinski definition) is 5. The Morgan fingerprint density at radius 1 is 1.17 bits per heavy atom. The molecule has 1 N–H and O–H groups in total. The van der Waals surface area contributed by atoms with Gasteiger partial charge in [-0.15, -0.1) is 0 Å². The third-order valence-corrected chi connectivity index (χ3v) is 3.20. The van der Waals surface area contributed by atoms with Crippen LogP contribution in [0, 0.1) is 10.1 Å². The summed E-state index contributed by atoms with van der Waals surface area (Å²) in [6, 6.07) is 12.4. The fourth-order valence-electron chi connectivity index (χ4n) is 2.15. The lowest BCUT2D eigenvalue weighted by Gasteiger charge is -2.07. The fourth-order valence-corrected chi connectivity index (χ4v) is 2.15. The molecule has 2 rings (SSSR count). The number of benzene rings is 2. The fraction of sp³-hybridized carbons (Fsp3) is 0.176. The SMILES string of the molecule is CCOC(=O)c1cccc(NC(=O)Cc2ccccc2[N+](=O)[O-])c1. The molecule has 2 aromatic rings. The van der Waals surface area contributed by atoms with Crippen molar-refractivity contribution in [3.05, 3.63) is 69.8 Å². The van der Waals surface area contributed by atoms with Crippen molar-refractivity contribution in [3.8, 4) is 0 Å². The van der Waals surface area contributed by atoms with Crippen LogP contribution < -0.4 is 5.32 Å². The molecule has 0 heterocycles. The summed E-state index contributed by atoms with van der Waals surface area (Å²) in [5.41, 5.74) is 0.957. The number of nitrogens with one attached hydrogen (secondary N) is 1. The van der Waals surface area contributed by atoms with Crippen molar-refractivity contribution < 1.29 is 19.2 Å². The van der Waals surface area contributed by atoms with Crippen molar-refractivity contribution >= 4 is 23.3 Å². The quantitative estimate of drug-likeness (QED) is 0.499. The van der Waals surface area contributed by atoms with Crippen LogP contribution in [0.5, 0.6) is 0 Å². The van der Waals surface area contributed by atoms with E-state index in [2.05, 4.69) is 5.32 Å². The highest BCUT2D eigenvalue weighted by Gasteiger charge is 2.16. The van der Waals surface area contributed by atoms with Crippen molar-refractivity contribution in [1.82, 2.24) is 0 Å². The van der Waals surface area contributed by atoms with Gasteiger partial charge in [-0.1, -0.05) is 24.3 Å². The molecule has 7 heteroatoms. The standard InChI is InChI=1S/C17H16N2O5/c1-2-24-17(21)13-7-5-8-14(10-13)18-16(20)11-12-6-3-4-9-15(12)19(22)23/h3-10H,2,11H2,1H3,(H,18,20). The van der Waals surface area contributed by atoms with Gasteiger partial charge in [0.25, 0.3) is 5.69 Å². The van der Waals surface area contributed by atoms with E-state index in [1.807, 2.05) is 0 Å². The van der Waals surface area contributed by atoms with Crippen LogP contribution in [0.15, 0.2) is 48.5 Å². The minimum Gasteiger partial charge on any atom is -0.462 e. The van der Waals surface area contributed by atoms with Crippen LogP contribution in [0.2, 0.25) is 0 Å². The largest absolute Gasteiger partial charge is 0.462 e. The predicted octanol–water partition coefficient (Wildman–Crippen LogP) is 2.95. The number of hydrogen-bond donors (Lipinski definition) is 1. The summed E-state index contributed by atoms with van der Waals surface area (Å²) in [5, 5.41) is 13.6. The van der Waals surface area contributed by atoms with Gasteiger partial charge in [0.05, 0.1) is 23.5 Å². The smallest absolute Gasteiger partial charge is 0.338 e. The molecule has 0 spiro atoms. The first kappa shape index (κ1) is 17.1. The third-order valence-electron chi connectivity index (χ3n) is 3.20. The number of rotatable bonds is 6. The van der Waals surface area contributed by atoms with Gasteiger partial charge in [0.15, 0.2) is 0 Å². The normalized spacial score (nSPS) is 10.0. The molecule has 0 saturated heterocycles. The molecule has 0 bridgehead atoms. The molecule has 0 saturated carbocycles. The molecular formula is C17H16N2O5. The Morgan fingerprint density at radius 2 is 1.92 bits per heavy atom. The maximum absolute atomic E-state index is 12.1. The number of esters is 1. The van der Waals surface area contributed by atoms with Crippen molar-refractivity contribution in [2.45, 2.75) is 13.3 Å². The molecule has 0 aromatic heterocycles. The number of anilines is 1. The Bertz CT molecular complexity index is 773. The molecule has 0 fully saturated rings. The number of nitro benzene ring substituents is 1. The van der Waals surface area contributed by atoms with Gasteiger partial charge in [-0.05, 0) is 25.1 Å². The predicted molar refractivity (Wildman–Crippen MR) is 87.8 cm³/mol. The van der Waals surface area contributed by atoms with Gasteiger partial charge in [-0.2, -0.15) is 0 Å². The van der Waals surface area contributed by atoms with Gasteiger partial charge in [0.2, 0.25) is 5.91 Å². The summed E-state index contributed by atoms with van der Waals surface area (Å²) in [5.74, 6) is -0.891. The highest BCUT2D eigenvalue weighted by atomic mass is 16.6. The second kappa shape index (κ2) is 7.87. The Labute approximate surface area is 138 Å². The van der Waals surface area contributed by atoms with Crippen LogP contribution >= 0.6 is 0 Å².